The summed E-state index contributed by atoms with van der Waals surface area (Å²) in [6.45, 7) is 0. The number of imidazole rings is 1. The summed E-state index contributed by atoms with van der Waals surface area (Å²) in [5.41, 5.74) is -0.0984. The molecule has 0 aromatic carbocycles. The van der Waals surface area contributed by atoms with E-state index >= 15 is 0 Å². The molecule has 76 valence electrons. The quantitative estimate of drug-likeness (QED) is 0.443. The predicted molar refractivity (Wildman–Crippen MR) is 53.0 cm³/mol. The maximum atomic E-state index is 10.6. The average molecular weight is 225 g/mol. The lowest BCUT2D eigenvalue weighted by Crippen LogP contribution is -1.97. The Balaban J connectivity index is 2.54. The third-order valence-electron chi connectivity index (χ3n) is 1.75. The van der Waals surface area contributed by atoms with Gasteiger partial charge in [-0.25, -0.2) is 9.97 Å². The van der Waals surface area contributed by atoms with Crippen molar-refractivity contribution in [2.24, 2.45) is 0 Å². The number of hydrogen-bond acceptors (Lipinski definition) is 4. The number of pyridine rings is 1. The Morgan fingerprint density at radius 1 is 1.47 bits per heavy atom. The van der Waals surface area contributed by atoms with Crippen LogP contribution in [0, 0.1) is 10.1 Å². The van der Waals surface area contributed by atoms with Crippen molar-refractivity contribution in [2.75, 3.05) is 0 Å². The molecular formula is C8H5ClN4O2. The molecule has 2 rings (SSSR count). The van der Waals surface area contributed by atoms with Crippen molar-refractivity contribution < 1.29 is 4.92 Å². The van der Waals surface area contributed by atoms with Crippen LogP contribution in [0.4, 0.5) is 5.69 Å². The molecule has 0 fully saturated rings. The van der Waals surface area contributed by atoms with Crippen molar-refractivity contribution in [3.8, 4) is 5.82 Å². The Morgan fingerprint density at radius 3 is 2.87 bits per heavy atom. The number of halogens is 1. The fourth-order valence-electron chi connectivity index (χ4n) is 1.10. The molecule has 0 aliphatic heterocycles. The molecule has 0 unspecified atom stereocenters. The summed E-state index contributed by atoms with van der Waals surface area (Å²) in [5, 5.41) is 10.6. The van der Waals surface area contributed by atoms with Gasteiger partial charge in [-0.2, -0.15) is 0 Å². The molecule has 0 aliphatic carbocycles. The van der Waals surface area contributed by atoms with Gasteiger partial charge < -0.3 is 0 Å². The first-order valence-electron chi connectivity index (χ1n) is 3.97. The Bertz CT molecular complexity index is 497. The highest BCUT2D eigenvalue weighted by atomic mass is 35.5. The molecule has 2 aromatic heterocycles. The van der Waals surface area contributed by atoms with E-state index in [2.05, 4.69) is 9.97 Å². The fourth-order valence-corrected chi connectivity index (χ4v) is 1.30. The van der Waals surface area contributed by atoms with Crippen molar-refractivity contribution >= 4 is 17.3 Å². The van der Waals surface area contributed by atoms with Gasteiger partial charge in [0.2, 0.25) is 0 Å². The largest absolute Gasteiger partial charge is 0.290 e. The van der Waals surface area contributed by atoms with E-state index in [1.165, 1.54) is 18.5 Å². The Labute approximate surface area is 89.3 Å². The highest BCUT2D eigenvalue weighted by Gasteiger charge is 2.10. The minimum atomic E-state index is -0.520. The Morgan fingerprint density at radius 2 is 2.27 bits per heavy atom. The molecule has 0 aliphatic rings. The molecule has 0 N–H and O–H groups in total. The lowest BCUT2D eigenvalue weighted by Gasteiger charge is -2.00. The van der Waals surface area contributed by atoms with Gasteiger partial charge in [0.1, 0.15) is 17.3 Å². The molecule has 7 heteroatoms. The fraction of sp³-hybridized carbons (Fsp3) is 0. The van der Waals surface area contributed by atoms with Crippen molar-refractivity contribution in [1.29, 1.82) is 0 Å². The van der Waals surface area contributed by atoms with E-state index in [9.17, 15) is 10.1 Å². The first-order chi connectivity index (χ1) is 7.16. The van der Waals surface area contributed by atoms with E-state index in [0.29, 0.717) is 5.82 Å². The summed E-state index contributed by atoms with van der Waals surface area (Å²) in [6.07, 6.45) is 4.67. The monoisotopic (exact) mass is 224 g/mol. The van der Waals surface area contributed by atoms with Gasteiger partial charge in [-0.3, -0.25) is 14.7 Å². The molecule has 15 heavy (non-hydrogen) atoms. The van der Waals surface area contributed by atoms with E-state index in [0.717, 1.165) is 0 Å². The van der Waals surface area contributed by atoms with Gasteiger partial charge in [0.15, 0.2) is 0 Å². The van der Waals surface area contributed by atoms with Gasteiger partial charge in [0.25, 0.3) is 5.69 Å². The third kappa shape index (κ3) is 1.94. The minimum Gasteiger partial charge on any atom is -0.290 e. The molecule has 0 spiro atoms. The van der Waals surface area contributed by atoms with Gasteiger partial charge in [0, 0.05) is 12.4 Å². The molecule has 0 bridgehead atoms. The number of hydrogen-bond donors (Lipinski definition) is 0. The molecular weight excluding hydrogens is 220 g/mol. The molecule has 0 saturated heterocycles. The Kier molecular flexibility index (Phi) is 2.34. The summed E-state index contributed by atoms with van der Waals surface area (Å²) in [6, 6.07) is 2.52. The summed E-state index contributed by atoms with van der Waals surface area (Å²) in [4.78, 5) is 17.8. The molecule has 0 amide bonds. The van der Waals surface area contributed by atoms with Crippen LogP contribution in [0.5, 0.6) is 0 Å². The lowest BCUT2D eigenvalue weighted by molar-refractivity contribution is -0.384. The van der Waals surface area contributed by atoms with Gasteiger partial charge >= 0.3 is 0 Å². The second-order valence-corrected chi connectivity index (χ2v) is 3.12. The van der Waals surface area contributed by atoms with E-state index in [-0.39, 0.29) is 10.8 Å². The summed E-state index contributed by atoms with van der Waals surface area (Å²) in [7, 11) is 0. The summed E-state index contributed by atoms with van der Waals surface area (Å²) in [5.74, 6) is 0.367. The van der Waals surface area contributed by atoms with E-state index in [4.69, 9.17) is 11.6 Å². The first-order valence-corrected chi connectivity index (χ1v) is 4.35. The van der Waals surface area contributed by atoms with Crippen LogP contribution < -0.4 is 0 Å². The van der Waals surface area contributed by atoms with Crippen LogP contribution in [0.15, 0.2) is 30.9 Å². The van der Waals surface area contributed by atoms with Gasteiger partial charge in [-0.1, -0.05) is 11.6 Å². The van der Waals surface area contributed by atoms with Crippen LogP contribution in [-0.2, 0) is 0 Å². The normalized spacial score (nSPS) is 10.2. The smallest absolute Gasteiger partial charge is 0.276 e. The number of nitrogens with zero attached hydrogens (tertiary/aromatic N) is 4. The van der Waals surface area contributed by atoms with Crippen LogP contribution in [0.25, 0.3) is 5.82 Å². The molecule has 2 heterocycles. The zero-order valence-electron chi connectivity index (χ0n) is 7.37. The van der Waals surface area contributed by atoms with Crippen LogP contribution in [-0.4, -0.2) is 19.5 Å². The van der Waals surface area contributed by atoms with E-state index in [1.54, 1.807) is 17.0 Å². The molecule has 0 saturated carbocycles. The van der Waals surface area contributed by atoms with Crippen molar-refractivity contribution in [3.05, 3.63) is 46.1 Å². The topological polar surface area (TPSA) is 73.8 Å². The highest BCUT2D eigenvalue weighted by molar-refractivity contribution is 6.29. The molecule has 0 radical (unpaired) electrons. The Hall–Kier alpha value is -1.95. The van der Waals surface area contributed by atoms with Gasteiger partial charge in [-0.15, -0.1) is 0 Å². The zero-order chi connectivity index (χ0) is 10.8. The van der Waals surface area contributed by atoms with Crippen molar-refractivity contribution in [3.63, 3.8) is 0 Å². The average Bonchev–Trinajstić information content (AvgIpc) is 2.69. The molecule has 0 atom stereocenters. The van der Waals surface area contributed by atoms with Crippen LogP contribution in [0.1, 0.15) is 0 Å². The maximum Gasteiger partial charge on any atom is 0.276 e. The first kappa shape index (κ1) is 9.60. The maximum absolute atomic E-state index is 10.6. The van der Waals surface area contributed by atoms with Gasteiger partial charge in [-0.05, 0) is 0 Å². The third-order valence-corrected chi connectivity index (χ3v) is 1.94. The van der Waals surface area contributed by atoms with Crippen LogP contribution in [0.2, 0.25) is 5.15 Å². The van der Waals surface area contributed by atoms with E-state index in [1.807, 2.05) is 0 Å². The number of aromatic nitrogens is 3. The summed E-state index contributed by atoms with van der Waals surface area (Å²) < 4.78 is 1.54. The SMILES string of the molecule is O=[N+]([O-])c1cc(Cl)nc(-n2ccnc2)c1. The van der Waals surface area contributed by atoms with Crippen LogP contribution in [0.3, 0.4) is 0 Å². The highest BCUT2D eigenvalue weighted by Crippen LogP contribution is 2.19. The van der Waals surface area contributed by atoms with Crippen molar-refractivity contribution in [1.82, 2.24) is 14.5 Å². The summed E-state index contributed by atoms with van der Waals surface area (Å²) >= 11 is 5.66. The lowest BCUT2D eigenvalue weighted by atomic mass is 10.4. The van der Waals surface area contributed by atoms with E-state index < -0.39 is 4.92 Å². The van der Waals surface area contributed by atoms with Gasteiger partial charge in [0.05, 0.1) is 17.1 Å². The predicted octanol–water partition coefficient (Wildman–Crippen LogP) is 1.83. The zero-order valence-corrected chi connectivity index (χ0v) is 8.13. The molecule has 2 aromatic rings. The van der Waals surface area contributed by atoms with Crippen molar-refractivity contribution in [2.45, 2.75) is 0 Å². The molecule has 6 nitrogen and oxygen atoms in total. The second-order valence-electron chi connectivity index (χ2n) is 2.73. The number of rotatable bonds is 2. The van der Waals surface area contributed by atoms with Crippen LogP contribution >= 0.6 is 11.6 Å². The standard InChI is InChI=1S/C8H5ClN4O2/c9-7-3-6(13(14)15)4-8(11-7)12-2-1-10-5-12/h1-5H. The number of nitro groups is 1. The minimum absolute atomic E-state index is 0.0768. The second kappa shape index (κ2) is 3.66.